The molecule has 8 heteroatoms. The summed E-state index contributed by atoms with van der Waals surface area (Å²) in [5.74, 6) is 0.995. The number of alkyl halides is 3. The normalized spacial score (nSPS) is 29.2. The van der Waals surface area contributed by atoms with E-state index in [4.69, 9.17) is 9.47 Å². The number of hydrogen-bond donors (Lipinski definition) is 1. The van der Waals surface area contributed by atoms with Gasteiger partial charge in [0.15, 0.2) is 6.61 Å². The first kappa shape index (κ1) is 24.3. The van der Waals surface area contributed by atoms with Crippen LogP contribution in [0.2, 0.25) is 0 Å². The molecule has 184 valence electrons. The first-order valence-corrected chi connectivity index (χ1v) is 12.1. The highest BCUT2D eigenvalue weighted by Crippen LogP contribution is 2.39. The number of halogens is 3. The number of amides is 1. The van der Waals surface area contributed by atoms with Crippen molar-refractivity contribution in [1.82, 2.24) is 10.2 Å². The van der Waals surface area contributed by atoms with E-state index in [1.165, 1.54) is 13.8 Å². The number of carbonyl (C=O) groups excluding carboxylic acids is 1. The number of benzene rings is 1. The number of carbonyl (C=O) groups is 1. The number of ether oxygens (including phenoxy) is 2. The fraction of sp³-hybridized carbons (Fsp3) is 0.720. The predicted molar refractivity (Wildman–Crippen MR) is 119 cm³/mol. The van der Waals surface area contributed by atoms with Gasteiger partial charge in [0.25, 0.3) is 5.91 Å². The highest BCUT2D eigenvalue weighted by molar-refractivity contribution is 5.78. The molecule has 33 heavy (non-hydrogen) atoms. The topological polar surface area (TPSA) is 50.8 Å². The molecule has 1 aromatic rings. The molecule has 5 rings (SSSR count). The number of rotatable bonds is 3. The van der Waals surface area contributed by atoms with Crippen LogP contribution in [0.3, 0.4) is 0 Å². The Morgan fingerprint density at radius 2 is 1.82 bits per heavy atom. The molecule has 1 amide bonds. The van der Waals surface area contributed by atoms with Gasteiger partial charge in [-0.15, -0.1) is 0 Å². The van der Waals surface area contributed by atoms with Crippen molar-refractivity contribution in [2.75, 3.05) is 26.3 Å². The molecule has 2 fully saturated rings. The largest absolute Gasteiger partial charge is 0.483 e. The second kappa shape index (κ2) is 9.82. The molecule has 4 aliphatic rings. The Balaban J connectivity index is 1.54. The van der Waals surface area contributed by atoms with Gasteiger partial charge in [-0.2, -0.15) is 13.2 Å². The SMILES string of the molecule is CC(C)(CN[C@H]1CCCN2C(=O)COc3ccccc3C3CCC(CC3)OC[C@@H]12)C(F)(F)F. The van der Waals surface area contributed by atoms with Crippen LogP contribution in [-0.4, -0.2) is 61.5 Å². The molecule has 0 unspecified atom stereocenters. The van der Waals surface area contributed by atoms with Crippen molar-refractivity contribution in [3.8, 4) is 5.75 Å². The van der Waals surface area contributed by atoms with E-state index in [0.717, 1.165) is 43.4 Å². The Kier molecular flexibility index (Phi) is 7.24. The van der Waals surface area contributed by atoms with E-state index >= 15 is 0 Å². The minimum Gasteiger partial charge on any atom is -0.483 e. The molecule has 0 radical (unpaired) electrons. The Morgan fingerprint density at radius 3 is 2.55 bits per heavy atom. The lowest BCUT2D eigenvalue weighted by molar-refractivity contribution is -0.210. The maximum Gasteiger partial charge on any atom is 0.395 e. The van der Waals surface area contributed by atoms with E-state index in [1.54, 1.807) is 4.90 Å². The zero-order valence-corrected chi connectivity index (χ0v) is 19.5. The molecule has 1 aliphatic carbocycles. The molecule has 2 atom stereocenters. The number of para-hydroxylation sites is 1. The summed E-state index contributed by atoms with van der Waals surface area (Å²) in [7, 11) is 0. The van der Waals surface area contributed by atoms with Crippen LogP contribution in [0.15, 0.2) is 24.3 Å². The number of nitrogens with zero attached hydrogens (tertiary/aromatic N) is 1. The van der Waals surface area contributed by atoms with Crippen molar-refractivity contribution in [1.29, 1.82) is 0 Å². The highest BCUT2D eigenvalue weighted by atomic mass is 19.4. The fourth-order valence-electron chi connectivity index (χ4n) is 5.24. The van der Waals surface area contributed by atoms with Crippen molar-refractivity contribution < 1.29 is 27.4 Å². The zero-order chi connectivity index (χ0) is 23.6. The summed E-state index contributed by atoms with van der Waals surface area (Å²) < 4.78 is 52.5. The Hall–Kier alpha value is -1.80. The van der Waals surface area contributed by atoms with E-state index in [-0.39, 0.29) is 37.2 Å². The lowest BCUT2D eigenvalue weighted by Crippen LogP contribution is -2.60. The van der Waals surface area contributed by atoms with Gasteiger partial charge in [-0.3, -0.25) is 4.79 Å². The van der Waals surface area contributed by atoms with Crippen LogP contribution in [0, 0.1) is 5.41 Å². The third kappa shape index (κ3) is 5.48. The van der Waals surface area contributed by atoms with Crippen LogP contribution < -0.4 is 10.1 Å². The van der Waals surface area contributed by atoms with Crippen LogP contribution in [0.1, 0.15) is 63.9 Å². The van der Waals surface area contributed by atoms with Crippen molar-refractivity contribution >= 4 is 5.91 Å². The second-order valence-corrected chi connectivity index (χ2v) is 10.3. The van der Waals surface area contributed by atoms with Crippen molar-refractivity contribution in [3.63, 3.8) is 0 Å². The Bertz CT molecular complexity index is 821. The van der Waals surface area contributed by atoms with Crippen molar-refractivity contribution in [2.45, 2.75) is 82.7 Å². The first-order valence-electron chi connectivity index (χ1n) is 12.1. The summed E-state index contributed by atoms with van der Waals surface area (Å²) in [4.78, 5) is 14.9. The Morgan fingerprint density at radius 1 is 1.09 bits per heavy atom. The van der Waals surface area contributed by atoms with Crippen molar-refractivity contribution in [2.24, 2.45) is 5.41 Å². The maximum absolute atomic E-state index is 13.4. The number of fused-ring (bicyclic) bond motifs is 5. The van der Waals surface area contributed by atoms with Gasteiger partial charge in [-0.1, -0.05) is 18.2 Å². The van der Waals surface area contributed by atoms with Gasteiger partial charge < -0.3 is 19.7 Å². The van der Waals surface area contributed by atoms with Crippen LogP contribution in [0.25, 0.3) is 0 Å². The summed E-state index contributed by atoms with van der Waals surface area (Å²) in [5.41, 5.74) is -0.707. The zero-order valence-electron chi connectivity index (χ0n) is 19.5. The van der Waals surface area contributed by atoms with E-state index in [9.17, 15) is 18.0 Å². The molecule has 5 nitrogen and oxygen atoms in total. The summed E-state index contributed by atoms with van der Waals surface area (Å²) >= 11 is 0. The molecule has 3 aliphatic heterocycles. The molecular formula is C25H35F3N2O3. The first-order chi connectivity index (χ1) is 15.7. The molecule has 3 heterocycles. The van der Waals surface area contributed by atoms with Gasteiger partial charge in [-0.05, 0) is 69.9 Å². The molecule has 0 spiro atoms. The van der Waals surface area contributed by atoms with Gasteiger partial charge in [0.1, 0.15) is 5.75 Å². The second-order valence-electron chi connectivity index (χ2n) is 10.3. The third-order valence-electron chi connectivity index (χ3n) is 7.56. The van der Waals surface area contributed by atoms with Gasteiger partial charge in [0.2, 0.25) is 0 Å². The van der Waals surface area contributed by atoms with E-state index in [2.05, 4.69) is 11.4 Å². The summed E-state index contributed by atoms with van der Waals surface area (Å²) in [6.07, 6.45) is 1.10. The highest BCUT2D eigenvalue weighted by Gasteiger charge is 2.48. The lowest BCUT2D eigenvalue weighted by Gasteiger charge is -2.43. The van der Waals surface area contributed by atoms with Gasteiger partial charge in [0, 0.05) is 19.1 Å². The standard InChI is InChI=1S/C25H35F3N2O3/c1-24(2,25(26,27)28)16-29-20-7-5-13-30-21(20)14-32-18-11-9-17(10-12-18)19-6-3-4-8-22(19)33-15-23(30)31/h3-4,6,8,17-18,20-21,29H,5,7,9-16H2,1-2H3/t17?,18?,20-,21-/m0/s1. The third-order valence-corrected chi connectivity index (χ3v) is 7.56. The number of hydrogen-bond acceptors (Lipinski definition) is 4. The number of piperidine rings is 1. The molecule has 1 aromatic carbocycles. The van der Waals surface area contributed by atoms with Gasteiger partial charge >= 0.3 is 6.18 Å². The minimum absolute atomic E-state index is 0.0789. The summed E-state index contributed by atoms with van der Waals surface area (Å²) in [6, 6.07) is 7.36. The molecule has 1 saturated heterocycles. The molecule has 0 aromatic heterocycles. The predicted octanol–water partition coefficient (Wildman–Crippen LogP) is 4.66. The summed E-state index contributed by atoms with van der Waals surface area (Å²) in [6.45, 7) is 3.02. The average Bonchev–Trinajstić information content (AvgIpc) is 2.81. The van der Waals surface area contributed by atoms with Crippen LogP contribution >= 0.6 is 0 Å². The molecule has 2 bridgehead atoms. The number of nitrogens with one attached hydrogen (secondary N) is 1. The van der Waals surface area contributed by atoms with E-state index < -0.39 is 11.6 Å². The lowest BCUT2D eigenvalue weighted by atomic mass is 9.82. The van der Waals surface area contributed by atoms with E-state index in [1.807, 2.05) is 18.2 Å². The monoisotopic (exact) mass is 468 g/mol. The maximum atomic E-state index is 13.4. The van der Waals surface area contributed by atoms with Crippen LogP contribution in [0.5, 0.6) is 5.75 Å². The quantitative estimate of drug-likeness (QED) is 0.701. The van der Waals surface area contributed by atoms with Crippen LogP contribution in [-0.2, 0) is 9.53 Å². The molecular weight excluding hydrogens is 433 g/mol. The van der Waals surface area contributed by atoms with Crippen LogP contribution in [0.4, 0.5) is 13.2 Å². The minimum atomic E-state index is -4.30. The average molecular weight is 469 g/mol. The van der Waals surface area contributed by atoms with Gasteiger partial charge in [-0.25, -0.2) is 0 Å². The fourth-order valence-corrected chi connectivity index (χ4v) is 5.24. The molecule has 1 N–H and O–H groups in total. The molecule has 1 saturated carbocycles. The summed E-state index contributed by atoms with van der Waals surface area (Å²) in [5, 5.41) is 3.14. The van der Waals surface area contributed by atoms with Crippen molar-refractivity contribution in [3.05, 3.63) is 29.8 Å². The van der Waals surface area contributed by atoms with E-state index in [0.29, 0.717) is 25.5 Å². The Labute approximate surface area is 194 Å². The van der Waals surface area contributed by atoms with Gasteiger partial charge in [0.05, 0.1) is 24.2 Å². The smallest absolute Gasteiger partial charge is 0.395 e.